The minimum atomic E-state index is 0.399. The van der Waals surface area contributed by atoms with Crippen LogP contribution in [-0.2, 0) is 12.8 Å². The number of hydrogen-bond acceptors (Lipinski definition) is 2. The van der Waals surface area contributed by atoms with Crippen molar-refractivity contribution < 1.29 is 0 Å². The molecule has 1 atom stereocenters. The summed E-state index contributed by atoms with van der Waals surface area (Å²) in [5.41, 5.74) is 6.06. The van der Waals surface area contributed by atoms with Gasteiger partial charge in [0, 0.05) is 32.2 Å². The molecule has 2 aromatic carbocycles. The van der Waals surface area contributed by atoms with Gasteiger partial charge in [-0.2, -0.15) is 0 Å². The van der Waals surface area contributed by atoms with Gasteiger partial charge in [-0.15, -0.1) is 6.58 Å². The lowest BCUT2D eigenvalue weighted by molar-refractivity contribution is 0.0964. The van der Waals surface area contributed by atoms with E-state index in [4.69, 9.17) is 0 Å². The summed E-state index contributed by atoms with van der Waals surface area (Å²) in [7, 11) is 0. The Bertz CT molecular complexity index is 696. The van der Waals surface area contributed by atoms with Gasteiger partial charge in [0.05, 0.1) is 6.04 Å². The highest BCUT2D eigenvalue weighted by Crippen LogP contribution is 2.37. The Balaban J connectivity index is 1.68. The minimum absolute atomic E-state index is 0.399. The number of piperazine rings is 1. The van der Waals surface area contributed by atoms with E-state index in [1.54, 1.807) is 0 Å². The summed E-state index contributed by atoms with van der Waals surface area (Å²) < 4.78 is 0. The molecule has 2 aromatic rings. The van der Waals surface area contributed by atoms with Gasteiger partial charge >= 0.3 is 0 Å². The summed E-state index contributed by atoms with van der Waals surface area (Å²) in [5, 5.41) is 0. The van der Waals surface area contributed by atoms with Gasteiger partial charge in [0.25, 0.3) is 0 Å². The molecule has 0 saturated carbocycles. The molecule has 1 unspecified atom stereocenters. The van der Waals surface area contributed by atoms with Crippen LogP contribution in [0.3, 0.4) is 0 Å². The van der Waals surface area contributed by atoms with E-state index in [0.717, 1.165) is 39.0 Å². The molecule has 25 heavy (non-hydrogen) atoms. The number of hydrogen-bond donors (Lipinski definition) is 0. The molecule has 0 spiro atoms. The first kappa shape index (κ1) is 16.6. The third-order valence-electron chi connectivity index (χ3n) is 5.99. The van der Waals surface area contributed by atoms with Gasteiger partial charge in [0.1, 0.15) is 0 Å². The molecule has 0 radical (unpaired) electrons. The van der Waals surface area contributed by atoms with Crippen LogP contribution in [0.15, 0.2) is 61.2 Å². The van der Waals surface area contributed by atoms with E-state index in [0.29, 0.717) is 12.1 Å². The van der Waals surface area contributed by atoms with E-state index >= 15 is 0 Å². The van der Waals surface area contributed by atoms with Crippen LogP contribution in [0, 0.1) is 0 Å². The minimum Gasteiger partial charge on any atom is -0.295 e. The second-order valence-electron chi connectivity index (χ2n) is 7.35. The summed E-state index contributed by atoms with van der Waals surface area (Å²) in [4.78, 5) is 5.23. The zero-order valence-electron chi connectivity index (χ0n) is 15.2. The maximum absolute atomic E-state index is 3.96. The lowest BCUT2D eigenvalue weighted by Gasteiger charge is -2.41. The molecule has 2 heteroatoms. The van der Waals surface area contributed by atoms with Gasteiger partial charge in [0.2, 0.25) is 0 Å². The lowest BCUT2D eigenvalue weighted by atomic mass is 9.92. The van der Waals surface area contributed by atoms with Crippen molar-refractivity contribution >= 4 is 0 Å². The molecule has 0 bridgehead atoms. The summed E-state index contributed by atoms with van der Waals surface area (Å²) in [5.74, 6) is 0. The smallest absolute Gasteiger partial charge is 0.0608 e. The fourth-order valence-electron chi connectivity index (χ4n) is 4.44. The largest absolute Gasteiger partial charge is 0.295 e. The normalized spacial score (nSPS) is 20.4. The van der Waals surface area contributed by atoms with Crippen molar-refractivity contribution in [2.75, 3.05) is 26.2 Å². The van der Waals surface area contributed by atoms with E-state index < -0.39 is 0 Å². The summed E-state index contributed by atoms with van der Waals surface area (Å²) in [6.45, 7) is 10.7. The maximum atomic E-state index is 3.96. The quantitative estimate of drug-likeness (QED) is 0.782. The fourth-order valence-corrected chi connectivity index (χ4v) is 4.44. The Morgan fingerprint density at radius 1 is 0.880 bits per heavy atom. The van der Waals surface area contributed by atoms with Crippen LogP contribution in [0.2, 0.25) is 0 Å². The van der Waals surface area contributed by atoms with Crippen LogP contribution >= 0.6 is 0 Å². The van der Waals surface area contributed by atoms with Crippen LogP contribution in [0.5, 0.6) is 0 Å². The monoisotopic (exact) mass is 332 g/mol. The standard InChI is InChI=1S/C23H28N2/c1-3-18(2)24-14-16-25(17-15-24)23-21-10-6-4-8-19(21)12-13-20-9-5-7-11-22(20)23/h3-11,18,23H,1,12-17H2,2H3. The zero-order chi connectivity index (χ0) is 17.2. The van der Waals surface area contributed by atoms with Crippen LogP contribution < -0.4 is 0 Å². The third-order valence-corrected chi connectivity index (χ3v) is 5.99. The van der Waals surface area contributed by atoms with Crippen LogP contribution in [0.1, 0.15) is 35.2 Å². The average molecular weight is 332 g/mol. The molecule has 0 amide bonds. The van der Waals surface area contributed by atoms with Crippen molar-refractivity contribution in [2.45, 2.75) is 31.8 Å². The van der Waals surface area contributed by atoms with Gasteiger partial charge in [-0.05, 0) is 42.0 Å². The SMILES string of the molecule is C=CC(C)N1CCN(C2c3ccccc3CCc3ccccc32)CC1. The van der Waals surface area contributed by atoms with Gasteiger partial charge in [-0.3, -0.25) is 9.80 Å². The first-order valence-electron chi connectivity index (χ1n) is 9.54. The first-order chi connectivity index (χ1) is 12.3. The Labute approximate surface area is 151 Å². The number of aryl methyl sites for hydroxylation is 2. The van der Waals surface area contributed by atoms with Crippen molar-refractivity contribution in [3.05, 3.63) is 83.4 Å². The number of rotatable bonds is 3. The number of fused-ring (bicyclic) bond motifs is 2. The van der Waals surface area contributed by atoms with E-state index in [2.05, 4.69) is 77.9 Å². The molecule has 1 fully saturated rings. The van der Waals surface area contributed by atoms with Gasteiger partial charge in [-0.25, -0.2) is 0 Å². The second kappa shape index (κ2) is 7.15. The summed E-state index contributed by atoms with van der Waals surface area (Å²) >= 11 is 0. The second-order valence-corrected chi connectivity index (χ2v) is 7.35. The summed E-state index contributed by atoms with van der Waals surface area (Å²) in [6, 6.07) is 19.0. The van der Waals surface area contributed by atoms with Gasteiger partial charge in [-0.1, -0.05) is 54.6 Å². The highest BCUT2D eigenvalue weighted by atomic mass is 15.3. The van der Waals surface area contributed by atoms with Crippen LogP contribution in [-0.4, -0.2) is 42.0 Å². The Morgan fingerprint density at radius 2 is 1.40 bits per heavy atom. The van der Waals surface area contributed by atoms with E-state index in [9.17, 15) is 0 Å². The predicted octanol–water partition coefficient (Wildman–Crippen LogP) is 4.07. The zero-order valence-corrected chi connectivity index (χ0v) is 15.2. The predicted molar refractivity (Wildman–Crippen MR) is 105 cm³/mol. The maximum Gasteiger partial charge on any atom is 0.0608 e. The molecule has 1 heterocycles. The first-order valence-corrected chi connectivity index (χ1v) is 9.54. The Morgan fingerprint density at radius 3 is 1.92 bits per heavy atom. The van der Waals surface area contributed by atoms with Crippen molar-refractivity contribution in [3.8, 4) is 0 Å². The highest BCUT2D eigenvalue weighted by molar-refractivity contribution is 5.44. The molecule has 130 valence electrons. The average Bonchev–Trinajstić information content (AvgIpc) is 2.84. The number of benzene rings is 2. The van der Waals surface area contributed by atoms with Gasteiger partial charge < -0.3 is 0 Å². The lowest BCUT2D eigenvalue weighted by Crippen LogP contribution is -2.50. The molecule has 2 nitrogen and oxygen atoms in total. The molecule has 0 aromatic heterocycles. The van der Waals surface area contributed by atoms with E-state index in [1.807, 2.05) is 0 Å². The highest BCUT2D eigenvalue weighted by Gasteiger charge is 2.31. The molecule has 0 N–H and O–H groups in total. The van der Waals surface area contributed by atoms with E-state index in [-0.39, 0.29) is 0 Å². The van der Waals surface area contributed by atoms with Crippen molar-refractivity contribution in [3.63, 3.8) is 0 Å². The van der Waals surface area contributed by atoms with Crippen molar-refractivity contribution in [1.29, 1.82) is 0 Å². The Kier molecular flexibility index (Phi) is 4.74. The molecular formula is C23H28N2. The molecule has 1 aliphatic heterocycles. The van der Waals surface area contributed by atoms with Crippen LogP contribution in [0.25, 0.3) is 0 Å². The number of nitrogens with zero attached hydrogens (tertiary/aromatic N) is 2. The molecule has 2 aliphatic rings. The van der Waals surface area contributed by atoms with E-state index in [1.165, 1.54) is 22.3 Å². The van der Waals surface area contributed by atoms with Gasteiger partial charge in [0.15, 0.2) is 0 Å². The van der Waals surface area contributed by atoms with Crippen LogP contribution in [0.4, 0.5) is 0 Å². The van der Waals surface area contributed by atoms with Crippen molar-refractivity contribution in [2.24, 2.45) is 0 Å². The fraction of sp³-hybridized carbons (Fsp3) is 0.391. The topological polar surface area (TPSA) is 6.48 Å². The Hall–Kier alpha value is -1.90. The molecule has 1 aliphatic carbocycles. The molecule has 4 rings (SSSR count). The summed E-state index contributed by atoms with van der Waals surface area (Å²) in [6.07, 6.45) is 4.36. The van der Waals surface area contributed by atoms with Crippen molar-refractivity contribution in [1.82, 2.24) is 9.80 Å². The third kappa shape index (κ3) is 3.17. The molecule has 1 saturated heterocycles. The molecular weight excluding hydrogens is 304 g/mol.